The van der Waals surface area contributed by atoms with E-state index < -0.39 is 0 Å². The molecular weight excluding hydrogens is 276 g/mol. The number of hydrogen-bond donors (Lipinski definition) is 2. The van der Waals surface area contributed by atoms with E-state index in [2.05, 4.69) is 41.5 Å². The number of benzene rings is 1. The number of nitrogens with one attached hydrogen (secondary N) is 2. The van der Waals surface area contributed by atoms with Crippen LogP contribution in [0, 0.1) is 0 Å². The fourth-order valence-corrected chi connectivity index (χ4v) is 1.96. The number of carbonyl (C=O) groups is 1. The van der Waals surface area contributed by atoms with Crippen molar-refractivity contribution in [3.63, 3.8) is 0 Å². The maximum absolute atomic E-state index is 12.0. The smallest absolute Gasteiger partial charge is 0.281 e. The maximum atomic E-state index is 12.0. The quantitative estimate of drug-likeness (QED) is 0.672. The van der Waals surface area contributed by atoms with Gasteiger partial charge in [0.25, 0.3) is 5.91 Å². The van der Waals surface area contributed by atoms with E-state index in [0.29, 0.717) is 12.1 Å². The van der Waals surface area contributed by atoms with Gasteiger partial charge in [-0.1, -0.05) is 51.1 Å². The number of amides is 1. The van der Waals surface area contributed by atoms with E-state index in [-0.39, 0.29) is 11.3 Å². The zero-order valence-corrected chi connectivity index (χ0v) is 13.5. The third kappa shape index (κ3) is 4.28. The number of rotatable bonds is 4. The van der Waals surface area contributed by atoms with Crippen molar-refractivity contribution in [2.24, 2.45) is 5.10 Å². The molecule has 1 aromatic heterocycles. The van der Waals surface area contributed by atoms with Crippen LogP contribution in [0.4, 0.5) is 0 Å². The van der Waals surface area contributed by atoms with Gasteiger partial charge in [-0.05, 0) is 18.6 Å². The van der Waals surface area contributed by atoms with Gasteiger partial charge in [0.05, 0.1) is 0 Å². The largest absolute Gasteiger partial charge is 0.291 e. The van der Waals surface area contributed by atoms with E-state index in [4.69, 9.17) is 0 Å². The Kier molecular flexibility index (Phi) is 4.75. The predicted molar refractivity (Wildman–Crippen MR) is 88.0 cm³/mol. The molecule has 0 fully saturated rings. The van der Waals surface area contributed by atoms with E-state index in [9.17, 15) is 4.79 Å². The van der Waals surface area contributed by atoms with Crippen LogP contribution in [0.25, 0.3) is 0 Å². The molecule has 2 N–H and O–H groups in total. The standard InChI is InChI=1S/C17H22N4O/c1-12(10-13-8-6-5-7-9-13)18-21-16(22)14-11-15(20-19-14)17(2,3)4/h5-9,11H,10H2,1-4H3,(H,19,20)(H,21,22)/b18-12-. The zero-order valence-electron chi connectivity index (χ0n) is 13.5. The minimum atomic E-state index is -0.306. The van der Waals surface area contributed by atoms with Crippen LogP contribution in [0.15, 0.2) is 41.5 Å². The average Bonchev–Trinajstić information content (AvgIpc) is 2.96. The van der Waals surface area contributed by atoms with Gasteiger partial charge < -0.3 is 0 Å². The normalized spacial score (nSPS) is 12.3. The number of H-pyrrole nitrogens is 1. The van der Waals surface area contributed by atoms with Gasteiger partial charge in [-0.2, -0.15) is 10.2 Å². The Morgan fingerprint density at radius 2 is 1.95 bits per heavy atom. The number of nitrogens with zero attached hydrogens (tertiary/aromatic N) is 2. The maximum Gasteiger partial charge on any atom is 0.291 e. The zero-order chi connectivity index (χ0) is 16.2. The topological polar surface area (TPSA) is 70.1 Å². The fraction of sp³-hybridized carbons (Fsp3) is 0.353. The van der Waals surface area contributed by atoms with Crippen molar-refractivity contribution in [3.05, 3.63) is 53.3 Å². The molecule has 0 radical (unpaired) electrons. The Bertz CT molecular complexity index is 665. The Balaban J connectivity index is 1.97. The summed E-state index contributed by atoms with van der Waals surface area (Å²) >= 11 is 0. The molecule has 5 nitrogen and oxygen atoms in total. The van der Waals surface area contributed by atoms with Gasteiger partial charge >= 0.3 is 0 Å². The number of hydrazone groups is 1. The van der Waals surface area contributed by atoms with Gasteiger partial charge in [0, 0.05) is 23.2 Å². The molecule has 2 rings (SSSR count). The van der Waals surface area contributed by atoms with Crippen LogP contribution in [0.2, 0.25) is 0 Å². The first-order valence-corrected chi connectivity index (χ1v) is 7.29. The first kappa shape index (κ1) is 15.9. The lowest BCUT2D eigenvalue weighted by atomic mass is 9.92. The van der Waals surface area contributed by atoms with Crippen molar-refractivity contribution in [2.45, 2.75) is 39.5 Å². The lowest BCUT2D eigenvalue weighted by molar-refractivity contribution is 0.0949. The summed E-state index contributed by atoms with van der Waals surface area (Å²) < 4.78 is 0. The van der Waals surface area contributed by atoms with E-state index in [1.165, 1.54) is 0 Å². The number of aromatic amines is 1. The highest BCUT2D eigenvalue weighted by Gasteiger charge is 2.19. The van der Waals surface area contributed by atoms with Gasteiger partial charge in [0.2, 0.25) is 0 Å². The second-order valence-electron chi connectivity index (χ2n) is 6.37. The molecule has 0 unspecified atom stereocenters. The molecule has 0 aliphatic rings. The van der Waals surface area contributed by atoms with Crippen LogP contribution in [0.1, 0.15) is 49.4 Å². The molecule has 2 aromatic rings. The van der Waals surface area contributed by atoms with Gasteiger partial charge in [0.1, 0.15) is 0 Å². The molecule has 22 heavy (non-hydrogen) atoms. The molecule has 1 heterocycles. The van der Waals surface area contributed by atoms with Crippen LogP contribution in [-0.4, -0.2) is 21.8 Å². The van der Waals surface area contributed by atoms with Crippen molar-refractivity contribution in [1.29, 1.82) is 0 Å². The number of carbonyl (C=O) groups excluding carboxylic acids is 1. The molecule has 0 spiro atoms. The molecule has 1 amide bonds. The molecular formula is C17H22N4O. The molecule has 0 atom stereocenters. The lowest BCUT2D eigenvalue weighted by Gasteiger charge is -2.14. The summed E-state index contributed by atoms with van der Waals surface area (Å²) in [6.45, 7) is 8.07. The van der Waals surface area contributed by atoms with Crippen molar-refractivity contribution < 1.29 is 4.79 Å². The first-order chi connectivity index (χ1) is 10.4. The monoisotopic (exact) mass is 298 g/mol. The number of hydrogen-bond acceptors (Lipinski definition) is 3. The summed E-state index contributed by atoms with van der Waals surface area (Å²) in [6, 6.07) is 11.8. The van der Waals surface area contributed by atoms with Crippen molar-refractivity contribution in [2.75, 3.05) is 0 Å². The molecule has 0 saturated heterocycles. The third-order valence-electron chi connectivity index (χ3n) is 3.27. The first-order valence-electron chi connectivity index (χ1n) is 7.29. The highest BCUT2D eigenvalue weighted by molar-refractivity contribution is 5.93. The summed E-state index contributed by atoms with van der Waals surface area (Å²) in [5.74, 6) is -0.306. The summed E-state index contributed by atoms with van der Waals surface area (Å²) in [6.07, 6.45) is 0.703. The average molecular weight is 298 g/mol. The second kappa shape index (κ2) is 6.56. The van der Waals surface area contributed by atoms with E-state index in [0.717, 1.165) is 17.0 Å². The molecule has 0 aliphatic carbocycles. The summed E-state index contributed by atoms with van der Waals surface area (Å²) in [5, 5.41) is 11.1. The summed E-state index contributed by atoms with van der Waals surface area (Å²) in [5.41, 5.74) is 5.75. The van der Waals surface area contributed by atoms with E-state index >= 15 is 0 Å². The summed E-state index contributed by atoms with van der Waals surface area (Å²) in [4.78, 5) is 12.0. The van der Waals surface area contributed by atoms with Crippen LogP contribution in [0.3, 0.4) is 0 Å². The lowest BCUT2D eigenvalue weighted by Crippen LogP contribution is -2.20. The number of aromatic nitrogens is 2. The highest BCUT2D eigenvalue weighted by atomic mass is 16.2. The minimum Gasteiger partial charge on any atom is -0.281 e. The van der Waals surface area contributed by atoms with Crippen molar-refractivity contribution in [3.8, 4) is 0 Å². The second-order valence-corrected chi connectivity index (χ2v) is 6.37. The van der Waals surface area contributed by atoms with Crippen LogP contribution in [-0.2, 0) is 11.8 Å². The van der Waals surface area contributed by atoms with Gasteiger partial charge in [-0.25, -0.2) is 5.43 Å². The Labute approximate surface area is 130 Å². The predicted octanol–water partition coefficient (Wildman–Crippen LogP) is 3.06. The highest BCUT2D eigenvalue weighted by Crippen LogP contribution is 2.20. The SMILES string of the molecule is C/C(Cc1ccccc1)=N/NC(=O)c1cc(C(C)(C)C)[nH]n1. The molecule has 5 heteroatoms. The van der Waals surface area contributed by atoms with Crippen LogP contribution >= 0.6 is 0 Å². The Hall–Kier alpha value is -2.43. The molecule has 116 valence electrons. The molecule has 0 saturated carbocycles. The molecule has 0 aliphatic heterocycles. The summed E-state index contributed by atoms with van der Waals surface area (Å²) in [7, 11) is 0. The van der Waals surface area contributed by atoms with Gasteiger partial charge in [-0.3, -0.25) is 9.89 Å². The third-order valence-corrected chi connectivity index (χ3v) is 3.27. The van der Waals surface area contributed by atoms with Gasteiger partial charge in [-0.15, -0.1) is 0 Å². The van der Waals surface area contributed by atoms with Crippen molar-refractivity contribution in [1.82, 2.24) is 15.6 Å². The minimum absolute atomic E-state index is 0.0714. The van der Waals surface area contributed by atoms with E-state index in [1.54, 1.807) is 6.07 Å². The van der Waals surface area contributed by atoms with Crippen LogP contribution < -0.4 is 5.43 Å². The van der Waals surface area contributed by atoms with Crippen molar-refractivity contribution >= 4 is 11.6 Å². The Morgan fingerprint density at radius 1 is 1.27 bits per heavy atom. The molecule has 1 aromatic carbocycles. The van der Waals surface area contributed by atoms with E-state index in [1.807, 2.05) is 37.3 Å². The fourth-order valence-electron chi connectivity index (χ4n) is 1.96. The molecule has 0 bridgehead atoms. The van der Waals surface area contributed by atoms with Gasteiger partial charge in [0.15, 0.2) is 5.69 Å². The van der Waals surface area contributed by atoms with Crippen LogP contribution in [0.5, 0.6) is 0 Å². The Morgan fingerprint density at radius 3 is 2.55 bits per heavy atom.